The number of carbonyl (C=O) groups is 1. The number of aryl methyl sites for hydroxylation is 1. The van der Waals surface area contributed by atoms with Gasteiger partial charge < -0.3 is 4.74 Å². The molecule has 6 nitrogen and oxygen atoms in total. The second-order valence-corrected chi connectivity index (χ2v) is 3.19. The predicted molar refractivity (Wildman–Crippen MR) is 54.0 cm³/mol. The molecule has 0 aromatic carbocycles. The lowest BCUT2D eigenvalue weighted by Crippen LogP contribution is -2.34. The fourth-order valence-corrected chi connectivity index (χ4v) is 1.09. The van der Waals surface area contributed by atoms with E-state index in [0.29, 0.717) is 6.54 Å². The maximum atomic E-state index is 11.1. The van der Waals surface area contributed by atoms with Gasteiger partial charge in [-0.3, -0.25) is 14.8 Å². The summed E-state index contributed by atoms with van der Waals surface area (Å²) >= 11 is 0. The molecule has 0 aliphatic heterocycles. The standard InChI is InChI=1S/C9H16N4O2/c1-4-13-6-8(11-12-13)5-10-7(2)9(14)15-3/h6-7,10H,4-5H2,1-3H3. The molecule has 0 aliphatic carbocycles. The fraction of sp³-hybridized carbons (Fsp3) is 0.667. The minimum Gasteiger partial charge on any atom is -0.468 e. The summed E-state index contributed by atoms with van der Waals surface area (Å²) in [4.78, 5) is 11.1. The molecule has 84 valence electrons. The Morgan fingerprint density at radius 1 is 1.73 bits per heavy atom. The highest BCUT2D eigenvalue weighted by Gasteiger charge is 2.12. The first kappa shape index (κ1) is 11.6. The topological polar surface area (TPSA) is 69.0 Å². The molecule has 1 rings (SSSR count). The molecule has 0 saturated heterocycles. The van der Waals surface area contributed by atoms with Gasteiger partial charge in [0.1, 0.15) is 6.04 Å². The lowest BCUT2D eigenvalue weighted by Gasteiger charge is -2.09. The number of methoxy groups -OCH3 is 1. The minimum atomic E-state index is -0.332. The van der Waals surface area contributed by atoms with Gasteiger partial charge in [-0.05, 0) is 13.8 Å². The lowest BCUT2D eigenvalue weighted by atomic mass is 10.3. The Kier molecular flexibility index (Phi) is 4.23. The molecule has 0 aliphatic rings. The first-order valence-corrected chi connectivity index (χ1v) is 4.87. The summed E-state index contributed by atoms with van der Waals surface area (Å²) in [7, 11) is 1.37. The first-order valence-electron chi connectivity index (χ1n) is 4.87. The molecule has 1 aromatic heterocycles. The first-order chi connectivity index (χ1) is 7.17. The number of hydrogen-bond donors (Lipinski definition) is 1. The van der Waals surface area contributed by atoms with E-state index in [4.69, 9.17) is 0 Å². The van der Waals surface area contributed by atoms with Gasteiger partial charge in [0, 0.05) is 19.3 Å². The van der Waals surface area contributed by atoms with Crippen LogP contribution in [0, 0.1) is 0 Å². The van der Waals surface area contributed by atoms with Crippen LogP contribution >= 0.6 is 0 Å². The summed E-state index contributed by atoms with van der Waals surface area (Å²) in [5.41, 5.74) is 0.813. The summed E-state index contributed by atoms with van der Waals surface area (Å²) in [6, 6.07) is -0.332. The molecule has 1 aromatic rings. The predicted octanol–water partition coefficient (Wildman–Crippen LogP) is -0.0509. The largest absolute Gasteiger partial charge is 0.468 e. The van der Waals surface area contributed by atoms with E-state index in [-0.39, 0.29) is 12.0 Å². The Hall–Kier alpha value is -1.43. The highest BCUT2D eigenvalue weighted by molar-refractivity contribution is 5.74. The van der Waals surface area contributed by atoms with E-state index in [1.807, 2.05) is 13.1 Å². The molecule has 0 spiro atoms. The molecule has 1 unspecified atom stereocenters. The normalized spacial score (nSPS) is 12.5. The molecule has 1 heterocycles. The maximum absolute atomic E-state index is 11.1. The third-order valence-electron chi connectivity index (χ3n) is 2.05. The van der Waals surface area contributed by atoms with Gasteiger partial charge in [0.2, 0.25) is 0 Å². The quantitative estimate of drug-likeness (QED) is 0.693. The second-order valence-electron chi connectivity index (χ2n) is 3.19. The van der Waals surface area contributed by atoms with E-state index in [2.05, 4.69) is 20.4 Å². The van der Waals surface area contributed by atoms with Crippen molar-refractivity contribution in [2.24, 2.45) is 0 Å². The van der Waals surface area contributed by atoms with Crippen molar-refractivity contribution in [3.05, 3.63) is 11.9 Å². The highest BCUT2D eigenvalue weighted by Crippen LogP contribution is 1.94. The van der Waals surface area contributed by atoms with Crippen LogP contribution < -0.4 is 5.32 Å². The van der Waals surface area contributed by atoms with Crippen LogP contribution in [-0.4, -0.2) is 34.1 Å². The smallest absolute Gasteiger partial charge is 0.322 e. The Labute approximate surface area is 88.6 Å². The summed E-state index contributed by atoms with van der Waals surface area (Å²) in [5.74, 6) is -0.280. The molecular weight excluding hydrogens is 196 g/mol. The number of nitrogens with one attached hydrogen (secondary N) is 1. The zero-order valence-corrected chi connectivity index (χ0v) is 9.23. The van der Waals surface area contributed by atoms with Gasteiger partial charge in [-0.25, -0.2) is 0 Å². The zero-order chi connectivity index (χ0) is 11.3. The van der Waals surface area contributed by atoms with Crippen molar-refractivity contribution in [2.75, 3.05) is 7.11 Å². The van der Waals surface area contributed by atoms with Crippen molar-refractivity contribution in [3.8, 4) is 0 Å². The number of aromatic nitrogens is 3. The van der Waals surface area contributed by atoms with Crippen LogP contribution in [0.5, 0.6) is 0 Å². The molecule has 1 atom stereocenters. The van der Waals surface area contributed by atoms with Gasteiger partial charge in [-0.15, -0.1) is 5.10 Å². The Balaban J connectivity index is 2.39. The van der Waals surface area contributed by atoms with Crippen LogP contribution in [0.3, 0.4) is 0 Å². The van der Waals surface area contributed by atoms with Crippen molar-refractivity contribution >= 4 is 5.97 Å². The molecule has 1 N–H and O–H groups in total. The van der Waals surface area contributed by atoms with Gasteiger partial charge in [-0.2, -0.15) is 0 Å². The van der Waals surface area contributed by atoms with Crippen molar-refractivity contribution in [2.45, 2.75) is 33.0 Å². The van der Waals surface area contributed by atoms with Crippen LogP contribution in [0.15, 0.2) is 6.20 Å². The van der Waals surface area contributed by atoms with Gasteiger partial charge in [0.25, 0.3) is 0 Å². The number of ether oxygens (including phenoxy) is 1. The summed E-state index contributed by atoms with van der Waals surface area (Å²) in [6.07, 6.45) is 1.84. The van der Waals surface area contributed by atoms with Crippen LogP contribution in [0.2, 0.25) is 0 Å². The van der Waals surface area contributed by atoms with Crippen LogP contribution in [0.1, 0.15) is 19.5 Å². The Morgan fingerprint density at radius 3 is 3.00 bits per heavy atom. The molecule has 15 heavy (non-hydrogen) atoms. The average molecular weight is 212 g/mol. The van der Waals surface area contributed by atoms with Crippen molar-refractivity contribution in [1.29, 1.82) is 0 Å². The molecular formula is C9H16N4O2. The number of nitrogens with zero attached hydrogens (tertiary/aromatic N) is 3. The van der Waals surface area contributed by atoms with Gasteiger partial charge in [-0.1, -0.05) is 5.21 Å². The molecule has 6 heteroatoms. The van der Waals surface area contributed by atoms with Crippen molar-refractivity contribution < 1.29 is 9.53 Å². The van der Waals surface area contributed by atoms with Gasteiger partial charge in [0.05, 0.1) is 12.8 Å². The van der Waals surface area contributed by atoms with Crippen molar-refractivity contribution in [3.63, 3.8) is 0 Å². The van der Waals surface area contributed by atoms with E-state index in [1.165, 1.54) is 7.11 Å². The Bertz CT molecular complexity index is 324. The maximum Gasteiger partial charge on any atom is 0.322 e. The van der Waals surface area contributed by atoms with Crippen LogP contribution in [0.25, 0.3) is 0 Å². The third kappa shape index (κ3) is 3.32. The van der Waals surface area contributed by atoms with Crippen molar-refractivity contribution in [1.82, 2.24) is 20.3 Å². The SMILES string of the molecule is CCn1cc(CNC(C)C(=O)OC)nn1. The van der Waals surface area contributed by atoms with Crippen LogP contribution in [0.4, 0.5) is 0 Å². The summed E-state index contributed by atoms with van der Waals surface area (Å²) < 4.78 is 6.32. The number of carbonyl (C=O) groups excluding carboxylic acids is 1. The monoisotopic (exact) mass is 212 g/mol. The minimum absolute atomic E-state index is 0.280. The zero-order valence-electron chi connectivity index (χ0n) is 9.23. The van der Waals surface area contributed by atoms with Crippen LogP contribution in [-0.2, 0) is 22.6 Å². The van der Waals surface area contributed by atoms with E-state index >= 15 is 0 Å². The number of esters is 1. The number of hydrogen-bond acceptors (Lipinski definition) is 5. The summed E-state index contributed by atoms with van der Waals surface area (Å²) in [5, 5.41) is 10.8. The molecule has 0 radical (unpaired) electrons. The van der Waals surface area contributed by atoms with Gasteiger partial charge in [0.15, 0.2) is 0 Å². The fourth-order valence-electron chi connectivity index (χ4n) is 1.09. The van der Waals surface area contributed by atoms with Gasteiger partial charge >= 0.3 is 5.97 Å². The van der Waals surface area contributed by atoms with E-state index in [9.17, 15) is 4.79 Å². The third-order valence-corrected chi connectivity index (χ3v) is 2.05. The number of rotatable bonds is 5. The lowest BCUT2D eigenvalue weighted by molar-refractivity contribution is -0.142. The van der Waals surface area contributed by atoms with E-state index in [0.717, 1.165) is 12.2 Å². The molecule has 0 amide bonds. The average Bonchev–Trinajstić information content (AvgIpc) is 2.72. The second kappa shape index (κ2) is 5.45. The van der Waals surface area contributed by atoms with E-state index < -0.39 is 0 Å². The molecule has 0 saturated carbocycles. The summed E-state index contributed by atoms with van der Waals surface area (Å²) in [6.45, 7) is 5.04. The molecule has 0 fully saturated rings. The Morgan fingerprint density at radius 2 is 2.47 bits per heavy atom. The van der Waals surface area contributed by atoms with E-state index in [1.54, 1.807) is 11.6 Å². The highest BCUT2D eigenvalue weighted by atomic mass is 16.5. The molecule has 0 bridgehead atoms.